The normalized spacial score (nSPS) is 15.7. The quantitative estimate of drug-likeness (QED) is 0.721. The molecule has 29 heavy (non-hydrogen) atoms. The summed E-state index contributed by atoms with van der Waals surface area (Å²) in [6, 6.07) is 13.3. The van der Waals surface area contributed by atoms with Crippen molar-refractivity contribution < 1.29 is 19.2 Å². The second-order valence-electron chi connectivity index (χ2n) is 7.26. The molecule has 0 spiro atoms. The first-order valence-electron chi connectivity index (χ1n) is 9.86. The number of carbonyl (C=O) groups is 1. The van der Waals surface area contributed by atoms with E-state index in [2.05, 4.69) is 10.2 Å². The molecule has 1 amide bonds. The number of para-hydroxylation sites is 1. The topological polar surface area (TPSA) is 55.2 Å². The van der Waals surface area contributed by atoms with Crippen molar-refractivity contribution in [3.63, 3.8) is 0 Å². The molecular formula is C22H29ClN3O3+. The van der Waals surface area contributed by atoms with E-state index in [1.807, 2.05) is 49.4 Å². The number of rotatable bonds is 7. The van der Waals surface area contributed by atoms with Gasteiger partial charge in [0, 0.05) is 5.56 Å². The highest BCUT2D eigenvalue weighted by atomic mass is 35.5. The Kier molecular flexibility index (Phi) is 7.23. The molecule has 6 nitrogen and oxygen atoms in total. The number of halogens is 1. The smallest absolute Gasteiger partial charge is 0.275 e. The maximum Gasteiger partial charge on any atom is 0.275 e. The molecule has 1 atom stereocenters. The lowest BCUT2D eigenvalue weighted by atomic mass is 10.1. The number of amides is 1. The van der Waals surface area contributed by atoms with Gasteiger partial charge in [0.15, 0.2) is 6.54 Å². The summed E-state index contributed by atoms with van der Waals surface area (Å²) in [6.45, 7) is 5.97. The van der Waals surface area contributed by atoms with E-state index in [9.17, 15) is 4.79 Å². The molecule has 1 saturated heterocycles. The molecule has 2 N–H and O–H groups in total. The van der Waals surface area contributed by atoms with Gasteiger partial charge in [-0.25, -0.2) is 0 Å². The van der Waals surface area contributed by atoms with Gasteiger partial charge >= 0.3 is 0 Å². The molecule has 1 fully saturated rings. The zero-order chi connectivity index (χ0) is 20.8. The number of nitrogens with zero attached hydrogens (tertiary/aromatic N) is 1. The van der Waals surface area contributed by atoms with Gasteiger partial charge in [-0.15, -0.1) is 0 Å². The van der Waals surface area contributed by atoms with Crippen molar-refractivity contribution in [2.45, 2.75) is 13.0 Å². The fraction of sp³-hybridized carbons (Fsp3) is 0.409. The van der Waals surface area contributed by atoms with Crippen LogP contribution in [0.3, 0.4) is 0 Å². The van der Waals surface area contributed by atoms with Crippen LogP contribution in [0.4, 0.5) is 5.69 Å². The van der Waals surface area contributed by atoms with Crippen molar-refractivity contribution in [2.75, 3.05) is 51.8 Å². The molecule has 2 aromatic carbocycles. The molecule has 1 aliphatic heterocycles. The number of anilines is 1. The van der Waals surface area contributed by atoms with Crippen LogP contribution in [0.2, 0.25) is 5.02 Å². The Bertz CT molecular complexity index is 838. The summed E-state index contributed by atoms with van der Waals surface area (Å²) in [5.74, 6) is 1.51. The van der Waals surface area contributed by atoms with E-state index < -0.39 is 0 Å². The molecular weight excluding hydrogens is 390 g/mol. The first kappa shape index (κ1) is 21.3. The highest BCUT2D eigenvalue weighted by Crippen LogP contribution is 2.29. The standard InChI is InChI=1S/C22H28ClN3O3/c1-16(18-14-17(28-2)8-9-21(18)29-3)24-22(27)15-25-10-12-26(13-11-25)20-7-5-4-6-19(20)23/h4-9,14,16H,10-13,15H2,1-3H3,(H,24,27)/p+1/t16-/m0/s1. The van der Waals surface area contributed by atoms with Gasteiger partial charge < -0.3 is 24.6 Å². The van der Waals surface area contributed by atoms with Crippen LogP contribution in [0, 0.1) is 0 Å². The lowest BCUT2D eigenvalue weighted by molar-refractivity contribution is -0.892. The maximum absolute atomic E-state index is 12.6. The average Bonchev–Trinajstić information content (AvgIpc) is 2.74. The van der Waals surface area contributed by atoms with Gasteiger partial charge in [0.2, 0.25) is 0 Å². The van der Waals surface area contributed by atoms with Crippen molar-refractivity contribution in [2.24, 2.45) is 0 Å². The van der Waals surface area contributed by atoms with E-state index in [0.29, 0.717) is 6.54 Å². The van der Waals surface area contributed by atoms with Crippen LogP contribution in [0.5, 0.6) is 11.5 Å². The molecule has 2 aromatic rings. The Morgan fingerprint density at radius 1 is 1.17 bits per heavy atom. The van der Waals surface area contributed by atoms with Crippen LogP contribution in [0.15, 0.2) is 42.5 Å². The van der Waals surface area contributed by atoms with Gasteiger partial charge in [-0.1, -0.05) is 23.7 Å². The SMILES string of the molecule is COc1ccc(OC)c([C@H](C)NC(=O)C[NH+]2CCN(c3ccccc3Cl)CC2)c1. The summed E-state index contributed by atoms with van der Waals surface area (Å²) in [6.07, 6.45) is 0. The zero-order valence-electron chi connectivity index (χ0n) is 17.2. The molecule has 1 aliphatic rings. The Labute approximate surface area is 177 Å². The minimum absolute atomic E-state index is 0.0311. The average molecular weight is 419 g/mol. The molecule has 1 heterocycles. The van der Waals surface area contributed by atoms with Crippen LogP contribution < -0.4 is 24.6 Å². The third-order valence-electron chi connectivity index (χ3n) is 5.36. The summed E-state index contributed by atoms with van der Waals surface area (Å²) in [4.78, 5) is 16.2. The first-order valence-corrected chi connectivity index (χ1v) is 10.2. The number of nitrogens with one attached hydrogen (secondary N) is 2. The molecule has 3 rings (SSSR count). The van der Waals surface area contributed by atoms with Crippen LogP contribution in [-0.4, -0.2) is 52.9 Å². The Morgan fingerprint density at radius 3 is 2.55 bits per heavy atom. The molecule has 0 aliphatic carbocycles. The number of ether oxygens (including phenoxy) is 2. The van der Waals surface area contributed by atoms with Crippen molar-refractivity contribution in [1.29, 1.82) is 0 Å². The predicted molar refractivity (Wildman–Crippen MR) is 115 cm³/mol. The van der Waals surface area contributed by atoms with Gasteiger partial charge in [0.1, 0.15) is 11.5 Å². The van der Waals surface area contributed by atoms with E-state index in [0.717, 1.165) is 54.0 Å². The van der Waals surface area contributed by atoms with E-state index in [1.54, 1.807) is 14.2 Å². The van der Waals surface area contributed by atoms with E-state index >= 15 is 0 Å². The number of methoxy groups -OCH3 is 2. The van der Waals surface area contributed by atoms with Crippen molar-refractivity contribution in [1.82, 2.24) is 5.32 Å². The van der Waals surface area contributed by atoms with Crippen LogP contribution in [-0.2, 0) is 4.79 Å². The van der Waals surface area contributed by atoms with Crippen molar-refractivity contribution in [3.8, 4) is 11.5 Å². The highest BCUT2D eigenvalue weighted by molar-refractivity contribution is 6.33. The van der Waals surface area contributed by atoms with Crippen LogP contribution >= 0.6 is 11.6 Å². The lowest BCUT2D eigenvalue weighted by Crippen LogP contribution is -3.16. The summed E-state index contributed by atoms with van der Waals surface area (Å²) in [5, 5.41) is 3.86. The van der Waals surface area contributed by atoms with E-state index in [1.165, 1.54) is 4.90 Å². The molecule has 156 valence electrons. The largest absolute Gasteiger partial charge is 0.497 e. The van der Waals surface area contributed by atoms with Gasteiger partial charge in [-0.05, 0) is 37.3 Å². The maximum atomic E-state index is 12.6. The fourth-order valence-corrected chi connectivity index (χ4v) is 3.98. The second kappa shape index (κ2) is 9.85. The van der Waals surface area contributed by atoms with Crippen molar-refractivity contribution >= 4 is 23.2 Å². The fourth-order valence-electron chi connectivity index (χ4n) is 3.72. The molecule has 0 unspecified atom stereocenters. The Hall–Kier alpha value is -2.44. The van der Waals surface area contributed by atoms with Gasteiger partial charge in [0.25, 0.3) is 5.91 Å². The number of benzene rings is 2. The second-order valence-corrected chi connectivity index (χ2v) is 7.67. The summed E-state index contributed by atoms with van der Waals surface area (Å²) < 4.78 is 10.7. The zero-order valence-corrected chi connectivity index (χ0v) is 18.0. The summed E-state index contributed by atoms with van der Waals surface area (Å²) >= 11 is 6.31. The Balaban J connectivity index is 1.53. The monoisotopic (exact) mass is 418 g/mol. The van der Waals surface area contributed by atoms with Gasteiger partial charge in [-0.2, -0.15) is 0 Å². The summed E-state index contributed by atoms with van der Waals surface area (Å²) in [7, 11) is 3.25. The number of piperazine rings is 1. The Morgan fingerprint density at radius 2 is 1.90 bits per heavy atom. The highest BCUT2D eigenvalue weighted by Gasteiger charge is 2.24. The lowest BCUT2D eigenvalue weighted by Gasteiger charge is -2.34. The van der Waals surface area contributed by atoms with Crippen molar-refractivity contribution in [3.05, 3.63) is 53.1 Å². The van der Waals surface area contributed by atoms with Gasteiger partial charge in [-0.3, -0.25) is 4.79 Å². The minimum Gasteiger partial charge on any atom is -0.497 e. The number of quaternary nitrogens is 1. The molecule has 7 heteroatoms. The summed E-state index contributed by atoms with van der Waals surface area (Å²) in [5.41, 5.74) is 1.97. The first-order chi connectivity index (χ1) is 14.0. The number of carbonyl (C=O) groups excluding carboxylic acids is 1. The minimum atomic E-state index is -0.170. The third-order valence-corrected chi connectivity index (χ3v) is 5.67. The van der Waals surface area contributed by atoms with Gasteiger partial charge in [0.05, 0.1) is 57.2 Å². The van der Waals surface area contributed by atoms with E-state index in [4.69, 9.17) is 21.1 Å². The molecule has 0 bridgehead atoms. The van der Waals surface area contributed by atoms with Crippen LogP contribution in [0.1, 0.15) is 18.5 Å². The van der Waals surface area contributed by atoms with E-state index in [-0.39, 0.29) is 11.9 Å². The molecule has 0 radical (unpaired) electrons. The number of hydrogen-bond acceptors (Lipinski definition) is 4. The molecule has 0 aromatic heterocycles. The van der Waals surface area contributed by atoms with Crippen LogP contribution in [0.25, 0.3) is 0 Å². The third kappa shape index (κ3) is 5.34. The molecule has 0 saturated carbocycles. The predicted octanol–water partition coefficient (Wildman–Crippen LogP) is 1.94. The number of hydrogen-bond donors (Lipinski definition) is 2.